The van der Waals surface area contributed by atoms with Gasteiger partial charge >= 0.3 is 0 Å². The molecule has 1 atom stereocenters. The van der Waals surface area contributed by atoms with Crippen LogP contribution in [0.25, 0.3) is 10.2 Å². The number of pyridine rings is 1. The fraction of sp³-hybridized carbons (Fsp3) is 0.500. The Hall–Kier alpha value is -2.62. The predicted molar refractivity (Wildman–Crippen MR) is 130 cm³/mol. The second-order valence-corrected chi connectivity index (χ2v) is 9.52. The van der Waals surface area contributed by atoms with Crippen molar-refractivity contribution in [3.63, 3.8) is 0 Å². The fourth-order valence-electron chi connectivity index (χ4n) is 4.22. The summed E-state index contributed by atoms with van der Waals surface area (Å²) in [5.74, 6) is 1.69. The average molecular weight is 470 g/mol. The van der Waals surface area contributed by atoms with Gasteiger partial charge in [0.25, 0.3) is 0 Å². The van der Waals surface area contributed by atoms with Crippen molar-refractivity contribution in [1.29, 1.82) is 0 Å². The first-order chi connectivity index (χ1) is 16.0. The molecule has 1 aliphatic rings. The number of nitrogens with one attached hydrogen (secondary N) is 1. The van der Waals surface area contributed by atoms with Crippen LogP contribution in [0.4, 0.5) is 11.6 Å². The summed E-state index contributed by atoms with van der Waals surface area (Å²) in [6.45, 7) is 6.33. The van der Waals surface area contributed by atoms with Gasteiger partial charge in [-0.25, -0.2) is 15.0 Å². The zero-order valence-electron chi connectivity index (χ0n) is 19.7. The topological polar surface area (TPSA) is 89.5 Å². The number of aromatic nitrogens is 3. The Morgan fingerprint density at radius 3 is 2.61 bits per heavy atom. The second kappa shape index (κ2) is 10.5. The molecule has 0 fully saturated rings. The van der Waals surface area contributed by atoms with Crippen LogP contribution in [0, 0.1) is 19.8 Å². The van der Waals surface area contributed by atoms with E-state index in [2.05, 4.69) is 27.2 Å². The number of thiophene rings is 1. The largest absolute Gasteiger partial charge is 0.383 e. The molecule has 176 valence electrons. The summed E-state index contributed by atoms with van der Waals surface area (Å²) >= 11 is 1.67. The first-order valence-corrected chi connectivity index (χ1v) is 12.1. The molecule has 0 aromatic carbocycles. The first kappa shape index (κ1) is 23.5. The van der Waals surface area contributed by atoms with Crippen molar-refractivity contribution in [3.8, 4) is 0 Å². The van der Waals surface area contributed by atoms with Crippen molar-refractivity contribution in [2.75, 3.05) is 45.8 Å². The third-order valence-electron chi connectivity index (χ3n) is 6.26. The van der Waals surface area contributed by atoms with Gasteiger partial charge in [-0.1, -0.05) is 0 Å². The molecule has 33 heavy (non-hydrogen) atoms. The lowest BCUT2D eigenvalue weighted by Gasteiger charge is -2.29. The normalized spacial score (nSPS) is 15.5. The number of anilines is 2. The molecule has 0 radical (unpaired) electrons. The van der Waals surface area contributed by atoms with Crippen LogP contribution in [-0.2, 0) is 27.1 Å². The van der Waals surface area contributed by atoms with E-state index in [1.54, 1.807) is 31.9 Å². The van der Waals surface area contributed by atoms with Crippen molar-refractivity contribution in [2.24, 2.45) is 5.92 Å². The van der Waals surface area contributed by atoms with Gasteiger partial charge in [0.05, 0.1) is 18.6 Å². The summed E-state index contributed by atoms with van der Waals surface area (Å²) in [5.41, 5.74) is 3.59. The second-order valence-electron chi connectivity index (χ2n) is 8.44. The van der Waals surface area contributed by atoms with Gasteiger partial charge < -0.3 is 19.7 Å². The third kappa shape index (κ3) is 5.15. The van der Waals surface area contributed by atoms with Crippen molar-refractivity contribution in [2.45, 2.75) is 33.1 Å². The van der Waals surface area contributed by atoms with E-state index in [0.717, 1.165) is 46.7 Å². The highest BCUT2D eigenvalue weighted by Gasteiger charge is 2.31. The Morgan fingerprint density at radius 2 is 1.91 bits per heavy atom. The number of fused-ring (bicyclic) bond motifs is 3. The summed E-state index contributed by atoms with van der Waals surface area (Å²) in [4.78, 5) is 30.9. The number of hydrogen-bond donors (Lipinski definition) is 1. The minimum absolute atomic E-state index is 0.0370. The minimum atomic E-state index is -0.0370. The van der Waals surface area contributed by atoms with Gasteiger partial charge in [0, 0.05) is 44.3 Å². The SMILES string of the molecule is COCCN(CCOC)C(=O)C1CCc2c(sc3ncnc(Nc4cc(C)c(C)cn4)c23)C1. The van der Waals surface area contributed by atoms with Gasteiger partial charge in [-0.15, -0.1) is 11.3 Å². The Morgan fingerprint density at radius 1 is 1.15 bits per heavy atom. The van der Waals surface area contributed by atoms with E-state index >= 15 is 0 Å². The van der Waals surface area contributed by atoms with E-state index < -0.39 is 0 Å². The van der Waals surface area contributed by atoms with E-state index in [9.17, 15) is 4.79 Å². The maximum absolute atomic E-state index is 13.3. The number of aryl methyl sites for hydroxylation is 3. The monoisotopic (exact) mass is 469 g/mol. The summed E-state index contributed by atoms with van der Waals surface area (Å²) in [7, 11) is 3.31. The predicted octanol–water partition coefficient (Wildman–Crippen LogP) is 3.67. The standard InChI is InChI=1S/C24H31N5O3S/c1-15-11-20(25-13-16(15)2)28-22-21-18-6-5-17(12-19(18)33-23(21)27-14-26-22)24(30)29(7-9-31-3)8-10-32-4/h11,13-14,17H,5-10,12H2,1-4H3,(H,25,26,27,28). The van der Waals surface area contributed by atoms with E-state index in [1.165, 1.54) is 16.0 Å². The fourth-order valence-corrected chi connectivity index (χ4v) is 5.49. The number of nitrogens with zero attached hydrogens (tertiary/aromatic N) is 4. The molecule has 4 rings (SSSR count). The molecule has 0 saturated carbocycles. The summed E-state index contributed by atoms with van der Waals surface area (Å²) in [5, 5.41) is 4.45. The zero-order chi connectivity index (χ0) is 23.4. The van der Waals surface area contributed by atoms with Crippen LogP contribution in [0.5, 0.6) is 0 Å². The quantitative estimate of drug-likeness (QED) is 0.511. The molecule has 3 heterocycles. The minimum Gasteiger partial charge on any atom is -0.383 e. The Bertz CT molecular complexity index is 1120. The van der Waals surface area contributed by atoms with Gasteiger partial charge in [-0.2, -0.15) is 0 Å². The summed E-state index contributed by atoms with van der Waals surface area (Å²) in [6.07, 6.45) is 5.83. The van der Waals surface area contributed by atoms with Gasteiger partial charge in [0.2, 0.25) is 5.91 Å². The Labute approximate surface area is 198 Å². The number of amides is 1. The molecule has 0 spiro atoms. The van der Waals surface area contributed by atoms with Gasteiger partial charge in [-0.05, 0) is 55.9 Å². The van der Waals surface area contributed by atoms with Gasteiger partial charge in [-0.3, -0.25) is 4.79 Å². The molecule has 0 aliphatic heterocycles. The number of ether oxygens (including phenoxy) is 2. The van der Waals surface area contributed by atoms with Crippen molar-refractivity contribution in [1.82, 2.24) is 19.9 Å². The molecule has 8 nitrogen and oxygen atoms in total. The number of methoxy groups -OCH3 is 2. The number of rotatable bonds is 9. The molecule has 3 aromatic rings. The van der Waals surface area contributed by atoms with Gasteiger partial charge in [0.1, 0.15) is 22.8 Å². The van der Waals surface area contributed by atoms with Crippen molar-refractivity contribution in [3.05, 3.63) is 40.2 Å². The molecule has 1 amide bonds. The highest BCUT2D eigenvalue weighted by molar-refractivity contribution is 7.19. The molecule has 1 aliphatic carbocycles. The molecular formula is C24H31N5O3S. The molecule has 0 bridgehead atoms. The molecule has 0 saturated heterocycles. The number of carbonyl (C=O) groups is 1. The lowest BCUT2D eigenvalue weighted by Crippen LogP contribution is -2.41. The van der Waals surface area contributed by atoms with Crippen LogP contribution < -0.4 is 5.32 Å². The highest BCUT2D eigenvalue weighted by Crippen LogP contribution is 2.40. The van der Waals surface area contributed by atoms with Crippen molar-refractivity contribution < 1.29 is 14.3 Å². The van der Waals surface area contributed by atoms with Crippen LogP contribution in [0.3, 0.4) is 0 Å². The van der Waals surface area contributed by atoms with Gasteiger partial charge in [0.15, 0.2) is 0 Å². The van der Waals surface area contributed by atoms with E-state index in [-0.39, 0.29) is 11.8 Å². The molecular weight excluding hydrogens is 438 g/mol. The molecule has 9 heteroatoms. The van der Waals surface area contributed by atoms with Crippen LogP contribution in [-0.4, -0.2) is 66.3 Å². The molecule has 1 N–H and O–H groups in total. The smallest absolute Gasteiger partial charge is 0.226 e. The van der Waals surface area contributed by atoms with Crippen LogP contribution in [0.2, 0.25) is 0 Å². The Balaban J connectivity index is 1.57. The maximum Gasteiger partial charge on any atom is 0.226 e. The van der Waals surface area contributed by atoms with Crippen LogP contribution >= 0.6 is 11.3 Å². The molecule has 3 aromatic heterocycles. The lowest BCUT2D eigenvalue weighted by atomic mass is 9.87. The van der Waals surface area contributed by atoms with E-state index in [4.69, 9.17) is 9.47 Å². The summed E-state index contributed by atoms with van der Waals surface area (Å²) in [6, 6.07) is 2.03. The number of carbonyl (C=O) groups excluding carboxylic acids is 1. The third-order valence-corrected chi connectivity index (χ3v) is 7.42. The van der Waals surface area contributed by atoms with Crippen LogP contribution in [0.15, 0.2) is 18.6 Å². The maximum atomic E-state index is 13.3. The Kier molecular flexibility index (Phi) is 7.52. The first-order valence-electron chi connectivity index (χ1n) is 11.2. The van der Waals surface area contributed by atoms with E-state index in [0.29, 0.717) is 26.3 Å². The average Bonchev–Trinajstić information content (AvgIpc) is 3.20. The lowest BCUT2D eigenvalue weighted by molar-refractivity contribution is -0.137. The number of hydrogen-bond acceptors (Lipinski definition) is 8. The van der Waals surface area contributed by atoms with E-state index in [1.807, 2.05) is 24.1 Å². The molecule has 1 unspecified atom stereocenters. The highest BCUT2D eigenvalue weighted by atomic mass is 32.1. The summed E-state index contributed by atoms with van der Waals surface area (Å²) < 4.78 is 10.4. The van der Waals surface area contributed by atoms with Crippen LogP contribution in [0.1, 0.15) is 28.0 Å². The van der Waals surface area contributed by atoms with Crippen molar-refractivity contribution >= 4 is 39.1 Å². The zero-order valence-corrected chi connectivity index (χ0v) is 20.5.